The second-order valence-corrected chi connectivity index (χ2v) is 7.68. The molecule has 1 heterocycles. The van der Waals surface area contributed by atoms with E-state index < -0.39 is 29.2 Å². The molecule has 1 unspecified atom stereocenters. The Morgan fingerprint density at radius 1 is 1.12 bits per heavy atom. The minimum Gasteiger partial charge on any atom is -0.504 e. The zero-order chi connectivity index (χ0) is 18.2. The lowest BCUT2D eigenvalue weighted by Gasteiger charge is -2.28. The molecule has 0 saturated heterocycles. The Kier molecular flexibility index (Phi) is 4.56. The van der Waals surface area contributed by atoms with Gasteiger partial charge in [-0.3, -0.25) is 0 Å². The van der Waals surface area contributed by atoms with E-state index in [1.54, 1.807) is 0 Å². The number of alkyl halides is 1. The summed E-state index contributed by atoms with van der Waals surface area (Å²) in [7, 11) is 0. The molecule has 3 rings (SSSR count). The quantitative estimate of drug-likeness (QED) is 0.539. The fraction of sp³-hybridized carbons (Fsp3) is 0.263. The average molecular weight is 362 g/mol. The van der Waals surface area contributed by atoms with Crippen LogP contribution in [0.1, 0.15) is 30.2 Å². The maximum Gasteiger partial charge on any atom is 0.200 e. The molecule has 0 fully saturated rings. The maximum absolute atomic E-state index is 13.5. The largest absolute Gasteiger partial charge is 0.504 e. The van der Waals surface area contributed by atoms with Gasteiger partial charge in [0.2, 0.25) is 0 Å². The van der Waals surface area contributed by atoms with Gasteiger partial charge in [-0.2, -0.15) is 0 Å². The SMILES string of the molecule is CC1(C)C=Cc2cc(SC(CF)c3cc(O)c(O)c(O)c3)ccc2O1. The maximum atomic E-state index is 13.5. The lowest BCUT2D eigenvalue weighted by Crippen LogP contribution is -2.27. The summed E-state index contributed by atoms with van der Waals surface area (Å²) in [4.78, 5) is 0.835. The number of benzene rings is 2. The van der Waals surface area contributed by atoms with Crippen LogP contribution in [0, 0.1) is 0 Å². The van der Waals surface area contributed by atoms with Gasteiger partial charge in [-0.25, -0.2) is 4.39 Å². The molecule has 2 aromatic rings. The van der Waals surface area contributed by atoms with Crippen LogP contribution in [0.4, 0.5) is 4.39 Å². The molecule has 0 bridgehead atoms. The second-order valence-electron chi connectivity index (χ2n) is 6.41. The van der Waals surface area contributed by atoms with Crippen molar-refractivity contribution in [2.45, 2.75) is 29.6 Å². The molecule has 0 radical (unpaired) electrons. The second kappa shape index (κ2) is 6.52. The third-order valence-electron chi connectivity index (χ3n) is 3.90. The van der Waals surface area contributed by atoms with Gasteiger partial charge in [0.05, 0.1) is 5.25 Å². The van der Waals surface area contributed by atoms with E-state index in [-0.39, 0.29) is 5.60 Å². The van der Waals surface area contributed by atoms with Crippen LogP contribution in [-0.4, -0.2) is 27.6 Å². The van der Waals surface area contributed by atoms with Crippen LogP contribution in [0.3, 0.4) is 0 Å². The molecular formula is C19H19FO4S. The summed E-state index contributed by atoms with van der Waals surface area (Å²) in [6.07, 6.45) is 3.94. The Morgan fingerprint density at radius 3 is 2.44 bits per heavy atom. The van der Waals surface area contributed by atoms with Crippen molar-refractivity contribution in [3.63, 3.8) is 0 Å². The van der Waals surface area contributed by atoms with Gasteiger partial charge in [0.15, 0.2) is 17.2 Å². The average Bonchev–Trinajstić information content (AvgIpc) is 2.56. The summed E-state index contributed by atoms with van der Waals surface area (Å²) in [6.45, 7) is 3.25. The first-order valence-corrected chi connectivity index (χ1v) is 8.67. The lowest BCUT2D eigenvalue weighted by atomic mass is 10.0. The highest BCUT2D eigenvalue weighted by Gasteiger charge is 2.23. The molecular weight excluding hydrogens is 343 g/mol. The van der Waals surface area contributed by atoms with E-state index in [0.717, 1.165) is 16.2 Å². The molecule has 132 valence electrons. The molecule has 4 nitrogen and oxygen atoms in total. The lowest BCUT2D eigenvalue weighted by molar-refractivity contribution is 0.159. The number of hydrogen-bond donors (Lipinski definition) is 3. The third-order valence-corrected chi connectivity index (χ3v) is 5.11. The van der Waals surface area contributed by atoms with Crippen LogP contribution in [0.25, 0.3) is 6.08 Å². The van der Waals surface area contributed by atoms with Gasteiger partial charge < -0.3 is 20.1 Å². The van der Waals surface area contributed by atoms with Crippen molar-refractivity contribution in [1.29, 1.82) is 0 Å². The fourth-order valence-electron chi connectivity index (χ4n) is 2.60. The standard InChI is InChI=1S/C19H19FO4S/c1-19(2)6-5-11-7-13(3-4-16(11)24-19)25-17(10-20)12-8-14(21)18(23)15(22)9-12/h3-9,17,21-23H,10H2,1-2H3. The first-order valence-electron chi connectivity index (χ1n) is 7.79. The number of ether oxygens (including phenoxy) is 1. The smallest absolute Gasteiger partial charge is 0.200 e. The van der Waals surface area contributed by atoms with E-state index in [9.17, 15) is 19.7 Å². The summed E-state index contributed by atoms with van der Waals surface area (Å²) in [5, 5.41) is 28.1. The molecule has 3 N–H and O–H groups in total. The molecule has 0 aromatic heterocycles. The number of phenolic OH excluding ortho intramolecular Hbond substituents is 3. The number of halogens is 1. The van der Waals surface area contributed by atoms with Crippen LogP contribution in [0.15, 0.2) is 41.3 Å². The molecule has 1 aliphatic rings. The van der Waals surface area contributed by atoms with Crippen LogP contribution in [-0.2, 0) is 0 Å². The summed E-state index contributed by atoms with van der Waals surface area (Å²) in [5.74, 6) is -0.783. The summed E-state index contributed by atoms with van der Waals surface area (Å²) in [6, 6.07) is 8.13. The third kappa shape index (κ3) is 3.69. The molecule has 0 aliphatic carbocycles. The molecule has 0 saturated carbocycles. The highest BCUT2D eigenvalue weighted by Crippen LogP contribution is 2.44. The first kappa shape index (κ1) is 17.5. The van der Waals surface area contributed by atoms with Crippen LogP contribution in [0.2, 0.25) is 0 Å². The number of phenols is 3. The van der Waals surface area contributed by atoms with Crippen LogP contribution >= 0.6 is 11.8 Å². The Morgan fingerprint density at radius 2 is 1.80 bits per heavy atom. The number of hydrogen-bond acceptors (Lipinski definition) is 5. The first-order chi connectivity index (χ1) is 11.8. The predicted molar refractivity (Wildman–Crippen MR) is 96.2 cm³/mol. The molecule has 0 spiro atoms. The van der Waals surface area contributed by atoms with E-state index >= 15 is 0 Å². The van der Waals surface area contributed by atoms with Gasteiger partial charge >= 0.3 is 0 Å². The number of aromatic hydroxyl groups is 3. The predicted octanol–water partition coefficient (Wildman–Crippen LogP) is 4.79. The minimum atomic E-state index is -0.690. The highest BCUT2D eigenvalue weighted by atomic mass is 32.2. The van der Waals surface area contributed by atoms with E-state index in [4.69, 9.17) is 4.74 Å². The zero-order valence-electron chi connectivity index (χ0n) is 13.9. The van der Waals surface area contributed by atoms with Crippen molar-refractivity contribution in [1.82, 2.24) is 0 Å². The topological polar surface area (TPSA) is 69.9 Å². The minimum absolute atomic E-state index is 0.357. The van der Waals surface area contributed by atoms with Crippen molar-refractivity contribution < 1.29 is 24.4 Å². The van der Waals surface area contributed by atoms with Crippen molar-refractivity contribution in [2.24, 2.45) is 0 Å². The normalized spacial score (nSPS) is 16.1. The van der Waals surface area contributed by atoms with Crippen molar-refractivity contribution in [3.8, 4) is 23.0 Å². The van der Waals surface area contributed by atoms with E-state index in [1.807, 2.05) is 44.2 Å². The van der Waals surface area contributed by atoms with Gasteiger partial charge in [-0.05, 0) is 55.8 Å². The number of fused-ring (bicyclic) bond motifs is 1. The van der Waals surface area contributed by atoms with Gasteiger partial charge in [-0.1, -0.05) is 6.08 Å². The summed E-state index contributed by atoms with van der Waals surface area (Å²) >= 11 is 1.27. The number of rotatable bonds is 4. The Bertz CT molecular complexity index is 809. The molecule has 2 aromatic carbocycles. The van der Waals surface area contributed by atoms with Gasteiger partial charge in [0, 0.05) is 10.5 Å². The van der Waals surface area contributed by atoms with E-state index in [2.05, 4.69) is 0 Å². The van der Waals surface area contributed by atoms with Gasteiger partial charge in [-0.15, -0.1) is 11.8 Å². The van der Waals surface area contributed by atoms with Gasteiger partial charge in [0.25, 0.3) is 0 Å². The zero-order valence-corrected chi connectivity index (χ0v) is 14.7. The van der Waals surface area contributed by atoms with E-state index in [0.29, 0.717) is 5.56 Å². The molecule has 0 amide bonds. The molecule has 25 heavy (non-hydrogen) atoms. The van der Waals surface area contributed by atoms with Crippen LogP contribution in [0.5, 0.6) is 23.0 Å². The summed E-state index contributed by atoms with van der Waals surface area (Å²) in [5.41, 5.74) is 0.953. The monoisotopic (exact) mass is 362 g/mol. The Balaban J connectivity index is 1.86. The van der Waals surface area contributed by atoms with Crippen molar-refractivity contribution in [3.05, 3.63) is 47.5 Å². The fourth-order valence-corrected chi connectivity index (χ4v) is 3.60. The molecule has 6 heteroatoms. The van der Waals surface area contributed by atoms with Gasteiger partial charge in [0.1, 0.15) is 18.0 Å². The summed E-state index contributed by atoms with van der Waals surface area (Å²) < 4.78 is 19.4. The molecule has 1 atom stereocenters. The van der Waals surface area contributed by atoms with E-state index in [1.165, 1.54) is 23.9 Å². The van der Waals surface area contributed by atoms with Crippen molar-refractivity contribution >= 4 is 17.8 Å². The Hall–Kier alpha value is -2.34. The Labute approximate surface area is 149 Å². The number of thioether (sulfide) groups is 1. The highest BCUT2D eigenvalue weighted by molar-refractivity contribution is 7.99. The molecule has 1 aliphatic heterocycles. The van der Waals surface area contributed by atoms with Crippen molar-refractivity contribution in [2.75, 3.05) is 6.67 Å². The van der Waals surface area contributed by atoms with Crippen LogP contribution < -0.4 is 4.74 Å².